The molecule has 5 nitrogen and oxygen atoms in total. The van der Waals surface area contributed by atoms with Crippen molar-refractivity contribution in [2.75, 3.05) is 49.5 Å². The summed E-state index contributed by atoms with van der Waals surface area (Å²) < 4.78 is 5.78. The fourth-order valence-electron chi connectivity index (χ4n) is 3.92. The molecule has 2 aromatic rings. The van der Waals surface area contributed by atoms with E-state index in [2.05, 4.69) is 42.3 Å². The first kappa shape index (κ1) is 21.2. The highest BCUT2D eigenvalue weighted by Crippen LogP contribution is 2.28. The van der Waals surface area contributed by atoms with Crippen LogP contribution in [0.1, 0.15) is 38.7 Å². The monoisotopic (exact) mass is 396 g/mol. The topological polar surface area (TPSA) is 46.0 Å². The van der Waals surface area contributed by atoms with Crippen molar-refractivity contribution in [1.29, 1.82) is 0 Å². The van der Waals surface area contributed by atoms with Gasteiger partial charge in [-0.15, -0.1) is 0 Å². The second-order valence-electron chi connectivity index (χ2n) is 7.76. The number of nitrogens with one attached hydrogen (secondary N) is 2. The molecule has 5 heteroatoms. The van der Waals surface area contributed by atoms with E-state index in [1.54, 1.807) is 0 Å². The number of anilines is 2. The lowest BCUT2D eigenvalue weighted by Gasteiger charge is -2.34. The highest BCUT2D eigenvalue weighted by molar-refractivity contribution is 5.92. The molecule has 1 aliphatic rings. The van der Waals surface area contributed by atoms with Gasteiger partial charge in [0, 0.05) is 5.69 Å². The van der Waals surface area contributed by atoms with Crippen LogP contribution in [-0.2, 0) is 4.79 Å². The molecule has 29 heavy (non-hydrogen) atoms. The molecule has 1 aliphatic heterocycles. The number of ether oxygens (including phenoxy) is 1. The third-order valence-electron chi connectivity index (χ3n) is 5.77. The molecule has 0 bridgehead atoms. The Morgan fingerprint density at radius 2 is 1.79 bits per heavy atom. The van der Waals surface area contributed by atoms with Crippen molar-refractivity contribution in [2.45, 2.75) is 33.1 Å². The molecule has 0 spiro atoms. The highest BCUT2D eigenvalue weighted by Gasteiger charge is 2.24. The summed E-state index contributed by atoms with van der Waals surface area (Å²) in [6.45, 7) is 11.3. The lowest BCUT2D eigenvalue weighted by molar-refractivity contribution is -0.892. The van der Waals surface area contributed by atoms with E-state index in [0.29, 0.717) is 19.1 Å². The van der Waals surface area contributed by atoms with E-state index in [4.69, 9.17) is 4.74 Å². The van der Waals surface area contributed by atoms with Crippen LogP contribution in [0.2, 0.25) is 0 Å². The van der Waals surface area contributed by atoms with Crippen molar-refractivity contribution in [1.82, 2.24) is 0 Å². The van der Waals surface area contributed by atoms with Gasteiger partial charge in [0.2, 0.25) is 0 Å². The maximum absolute atomic E-state index is 12.7. The largest absolute Gasteiger partial charge is 0.492 e. The van der Waals surface area contributed by atoms with Crippen LogP contribution in [0.5, 0.6) is 5.75 Å². The van der Waals surface area contributed by atoms with Crippen molar-refractivity contribution >= 4 is 17.3 Å². The number of nitrogens with zero attached hydrogens (tertiary/aromatic N) is 1. The number of benzene rings is 2. The second-order valence-corrected chi connectivity index (χ2v) is 7.76. The molecule has 3 rings (SSSR count). The molecule has 1 amide bonds. The molecule has 1 heterocycles. The maximum atomic E-state index is 12.7. The summed E-state index contributed by atoms with van der Waals surface area (Å²) in [7, 11) is 0. The van der Waals surface area contributed by atoms with Gasteiger partial charge >= 0.3 is 0 Å². The van der Waals surface area contributed by atoms with Crippen LogP contribution in [0, 0.1) is 0 Å². The summed E-state index contributed by atoms with van der Waals surface area (Å²) in [5.74, 6) is 1.48. The Morgan fingerprint density at radius 3 is 2.52 bits per heavy atom. The van der Waals surface area contributed by atoms with Gasteiger partial charge in [0.1, 0.15) is 5.75 Å². The summed E-state index contributed by atoms with van der Waals surface area (Å²) in [4.78, 5) is 16.4. The molecule has 2 N–H and O–H groups in total. The molecular weight excluding hydrogens is 362 g/mol. The van der Waals surface area contributed by atoms with E-state index < -0.39 is 0 Å². The van der Waals surface area contributed by atoms with E-state index in [1.807, 2.05) is 37.3 Å². The number of hydrogen-bond donors (Lipinski definition) is 2. The normalized spacial score (nSPS) is 15.8. The maximum Gasteiger partial charge on any atom is 0.279 e. The van der Waals surface area contributed by atoms with Crippen LogP contribution < -0.4 is 19.9 Å². The Kier molecular flexibility index (Phi) is 7.53. The number of para-hydroxylation sites is 3. The molecule has 2 aromatic carbocycles. The number of carbonyl (C=O) groups excluding carboxylic acids is 1. The van der Waals surface area contributed by atoms with Crippen molar-refractivity contribution in [3.63, 3.8) is 0 Å². The summed E-state index contributed by atoms with van der Waals surface area (Å²) in [6, 6.07) is 16.4. The van der Waals surface area contributed by atoms with E-state index in [-0.39, 0.29) is 5.91 Å². The minimum absolute atomic E-state index is 0.0962. The predicted octanol–water partition coefficient (Wildman–Crippen LogP) is 2.94. The molecule has 0 aromatic heterocycles. The highest BCUT2D eigenvalue weighted by atomic mass is 16.5. The Bertz CT molecular complexity index is 800. The lowest BCUT2D eigenvalue weighted by atomic mass is 9.97. The van der Waals surface area contributed by atoms with Gasteiger partial charge in [0.25, 0.3) is 5.91 Å². The van der Waals surface area contributed by atoms with Crippen LogP contribution in [0.15, 0.2) is 48.5 Å². The average Bonchev–Trinajstić information content (AvgIpc) is 2.75. The van der Waals surface area contributed by atoms with Gasteiger partial charge < -0.3 is 19.9 Å². The minimum atomic E-state index is 0.0962. The third kappa shape index (κ3) is 5.51. The Hall–Kier alpha value is -2.53. The minimum Gasteiger partial charge on any atom is -0.492 e. The molecule has 0 unspecified atom stereocenters. The van der Waals surface area contributed by atoms with Gasteiger partial charge in [-0.25, -0.2) is 0 Å². The quantitative estimate of drug-likeness (QED) is 0.721. The summed E-state index contributed by atoms with van der Waals surface area (Å²) in [5.41, 5.74) is 3.33. The van der Waals surface area contributed by atoms with Crippen LogP contribution in [0.3, 0.4) is 0 Å². The fourth-order valence-corrected chi connectivity index (χ4v) is 3.92. The van der Waals surface area contributed by atoms with Crippen LogP contribution in [-0.4, -0.2) is 45.2 Å². The van der Waals surface area contributed by atoms with Crippen LogP contribution in [0.25, 0.3) is 0 Å². The average molecular weight is 397 g/mol. The van der Waals surface area contributed by atoms with Crippen molar-refractivity contribution in [2.24, 2.45) is 0 Å². The summed E-state index contributed by atoms with van der Waals surface area (Å²) in [6.07, 6.45) is 1.06. The van der Waals surface area contributed by atoms with Gasteiger partial charge in [0.05, 0.1) is 38.5 Å². The smallest absolute Gasteiger partial charge is 0.279 e. The standard InChI is InChI=1S/C24H33N3O2/c1-4-19(3)20-10-6-7-11-21(20)25-24(28)18-26-14-16-27(17-15-26)22-12-8-9-13-23(22)29-5-2/h6-13,19H,4-5,14-18H2,1-3H3,(H,25,28)/p+1/t19-/m0/s1. The van der Waals surface area contributed by atoms with Gasteiger partial charge in [-0.1, -0.05) is 44.2 Å². The molecule has 1 saturated heterocycles. The first-order valence-corrected chi connectivity index (χ1v) is 10.8. The van der Waals surface area contributed by atoms with Crippen molar-refractivity contribution < 1.29 is 14.4 Å². The number of hydrogen-bond acceptors (Lipinski definition) is 3. The molecule has 156 valence electrons. The van der Waals surface area contributed by atoms with Crippen molar-refractivity contribution in [3.8, 4) is 5.75 Å². The molecule has 1 atom stereocenters. The van der Waals surface area contributed by atoms with E-state index in [0.717, 1.165) is 49.7 Å². The molecule has 0 aliphatic carbocycles. The lowest BCUT2D eigenvalue weighted by Crippen LogP contribution is -3.15. The predicted molar refractivity (Wildman–Crippen MR) is 119 cm³/mol. The molecular formula is C24H34N3O2+. The van der Waals surface area contributed by atoms with Crippen LogP contribution >= 0.6 is 0 Å². The van der Waals surface area contributed by atoms with Crippen molar-refractivity contribution in [3.05, 3.63) is 54.1 Å². The number of quaternary nitrogens is 1. The van der Waals surface area contributed by atoms with Gasteiger partial charge in [-0.3, -0.25) is 4.79 Å². The van der Waals surface area contributed by atoms with Gasteiger partial charge in [0.15, 0.2) is 6.54 Å². The Labute approximate surface area is 174 Å². The third-order valence-corrected chi connectivity index (χ3v) is 5.77. The number of piperazine rings is 1. The van der Waals surface area contributed by atoms with E-state index in [1.165, 1.54) is 10.5 Å². The summed E-state index contributed by atoms with van der Waals surface area (Å²) in [5, 5.41) is 3.15. The fraction of sp³-hybridized carbons (Fsp3) is 0.458. The zero-order chi connectivity index (χ0) is 20.6. The molecule has 0 radical (unpaired) electrons. The number of rotatable bonds is 8. The summed E-state index contributed by atoms with van der Waals surface area (Å²) >= 11 is 0. The SMILES string of the molecule is CCOc1ccccc1N1CC[NH+](CC(=O)Nc2ccccc2[C@@H](C)CC)CC1. The second kappa shape index (κ2) is 10.3. The number of amides is 1. The first-order valence-electron chi connectivity index (χ1n) is 10.8. The zero-order valence-electron chi connectivity index (χ0n) is 17.9. The molecule has 0 saturated carbocycles. The Balaban J connectivity index is 1.55. The van der Waals surface area contributed by atoms with Gasteiger partial charge in [-0.2, -0.15) is 0 Å². The van der Waals surface area contributed by atoms with E-state index in [9.17, 15) is 4.79 Å². The number of carbonyl (C=O) groups is 1. The van der Waals surface area contributed by atoms with Gasteiger partial charge in [-0.05, 0) is 43.0 Å². The zero-order valence-corrected chi connectivity index (χ0v) is 17.9. The van der Waals surface area contributed by atoms with E-state index >= 15 is 0 Å². The van der Waals surface area contributed by atoms with Crippen LogP contribution in [0.4, 0.5) is 11.4 Å². The Morgan fingerprint density at radius 1 is 1.10 bits per heavy atom. The first-order chi connectivity index (χ1) is 14.1. The molecule has 1 fully saturated rings.